The molecule has 0 aromatic heterocycles. The average molecular weight is 332 g/mol. The number of nitrogens with one attached hydrogen (secondary N) is 1. The van der Waals surface area contributed by atoms with Gasteiger partial charge in [-0.3, -0.25) is 0 Å². The van der Waals surface area contributed by atoms with Gasteiger partial charge in [0.1, 0.15) is 5.75 Å². The van der Waals surface area contributed by atoms with Crippen LogP contribution in [0.1, 0.15) is 12.5 Å². The molecule has 4 nitrogen and oxygen atoms in total. The van der Waals surface area contributed by atoms with Crippen LogP contribution in [0.25, 0.3) is 0 Å². The van der Waals surface area contributed by atoms with Crippen molar-refractivity contribution in [2.45, 2.75) is 13.8 Å². The third-order valence-corrected chi connectivity index (χ3v) is 3.84. The number of aryl methyl sites for hydroxylation is 1. The summed E-state index contributed by atoms with van der Waals surface area (Å²) in [5.41, 5.74) is 3.58. The molecule has 0 atom stereocenters. The molecule has 0 amide bonds. The molecule has 0 aliphatic carbocycles. The van der Waals surface area contributed by atoms with Crippen LogP contribution in [0.3, 0.4) is 0 Å². The lowest BCUT2D eigenvalue weighted by Gasteiger charge is -2.13. The maximum Gasteiger partial charge on any atom is 0.120 e. The van der Waals surface area contributed by atoms with Gasteiger partial charge in [0, 0.05) is 25.3 Å². The molecule has 5 heteroatoms. The normalized spacial score (nSPS) is 10.8. The van der Waals surface area contributed by atoms with Crippen molar-refractivity contribution in [2.24, 2.45) is 4.99 Å². The average Bonchev–Trinajstić information content (AvgIpc) is 2.56. The lowest BCUT2D eigenvalue weighted by atomic mass is 10.2. The molecule has 2 rings (SSSR count). The molecular weight excluding hydrogens is 310 g/mol. The highest BCUT2D eigenvalue weighted by Crippen LogP contribution is 2.36. The molecule has 0 aliphatic heterocycles. The van der Waals surface area contributed by atoms with Crippen molar-refractivity contribution in [1.29, 1.82) is 0 Å². The van der Waals surface area contributed by atoms with Crippen LogP contribution in [0.5, 0.6) is 5.75 Å². The fourth-order valence-electron chi connectivity index (χ4n) is 2.03. The van der Waals surface area contributed by atoms with E-state index in [4.69, 9.17) is 16.3 Å². The summed E-state index contributed by atoms with van der Waals surface area (Å²) in [6.45, 7) is 4.98. The summed E-state index contributed by atoms with van der Waals surface area (Å²) >= 11 is 6.50. The molecule has 2 aromatic carbocycles. The van der Waals surface area contributed by atoms with Crippen LogP contribution in [-0.4, -0.2) is 31.9 Å². The maximum absolute atomic E-state index is 6.50. The summed E-state index contributed by atoms with van der Waals surface area (Å²) in [5.74, 6) is 0.793. The van der Waals surface area contributed by atoms with E-state index in [1.807, 2.05) is 55.3 Å². The number of rotatable bonds is 6. The predicted molar refractivity (Wildman–Crippen MR) is 98.9 cm³/mol. The van der Waals surface area contributed by atoms with Gasteiger partial charge in [0.25, 0.3) is 0 Å². The molecule has 122 valence electrons. The first-order chi connectivity index (χ1) is 11.0. The van der Waals surface area contributed by atoms with E-state index in [0.29, 0.717) is 5.02 Å². The van der Waals surface area contributed by atoms with E-state index in [-0.39, 0.29) is 0 Å². The van der Waals surface area contributed by atoms with Crippen molar-refractivity contribution in [3.05, 3.63) is 47.0 Å². The Bertz CT molecular complexity index is 701. The minimum Gasteiger partial charge on any atom is -0.497 e. The molecule has 0 unspecified atom stereocenters. The SMILES string of the molecule is CCN(C)/C=N\c1cc(C)cc(Nc2cccc(OC)c2)c1Cl. The summed E-state index contributed by atoms with van der Waals surface area (Å²) in [7, 11) is 3.62. The molecule has 0 bridgehead atoms. The fraction of sp³-hybridized carbons (Fsp3) is 0.278. The van der Waals surface area contributed by atoms with Gasteiger partial charge in [0.15, 0.2) is 0 Å². The molecule has 0 saturated heterocycles. The highest BCUT2D eigenvalue weighted by molar-refractivity contribution is 6.36. The van der Waals surface area contributed by atoms with Gasteiger partial charge in [0.05, 0.1) is 29.8 Å². The van der Waals surface area contributed by atoms with Gasteiger partial charge >= 0.3 is 0 Å². The third kappa shape index (κ3) is 4.63. The van der Waals surface area contributed by atoms with E-state index in [1.165, 1.54) is 0 Å². The van der Waals surface area contributed by atoms with Crippen molar-refractivity contribution < 1.29 is 4.74 Å². The first-order valence-corrected chi connectivity index (χ1v) is 7.87. The molecule has 0 fully saturated rings. The lowest BCUT2D eigenvalue weighted by Crippen LogP contribution is -2.14. The standard InChI is InChI=1S/C18H22ClN3O/c1-5-22(3)12-20-16-9-13(2)10-17(18(16)19)21-14-7-6-8-15(11-14)23-4/h6-12,21H,5H2,1-4H3/b20-12-. The van der Waals surface area contributed by atoms with Gasteiger partial charge in [-0.05, 0) is 43.7 Å². The van der Waals surface area contributed by atoms with E-state index in [2.05, 4.69) is 17.2 Å². The Kier molecular flexibility index (Phi) is 5.88. The molecule has 0 aliphatic rings. The van der Waals surface area contributed by atoms with Crippen LogP contribution >= 0.6 is 11.6 Å². The lowest BCUT2D eigenvalue weighted by molar-refractivity contribution is 0.415. The number of hydrogen-bond donors (Lipinski definition) is 1. The number of methoxy groups -OCH3 is 1. The summed E-state index contributed by atoms with van der Waals surface area (Å²) in [5, 5.41) is 3.93. The first-order valence-electron chi connectivity index (χ1n) is 7.49. The second-order valence-corrected chi connectivity index (χ2v) is 5.70. The van der Waals surface area contributed by atoms with Gasteiger partial charge in [-0.2, -0.15) is 0 Å². The van der Waals surface area contributed by atoms with Crippen LogP contribution < -0.4 is 10.1 Å². The van der Waals surface area contributed by atoms with Crippen molar-refractivity contribution in [3.8, 4) is 5.75 Å². The van der Waals surface area contributed by atoms with Gasteiger partial charge in [-0.1, -0.05) is 17.7 Å². The van der Waals surface area contributed by atoms with E-state index in [1.54, 1.807) is 13.4 Å². The Labute approximate surface area is 142 Å². The van der Waals surface area contributed by atoms with Crippen molar-refractivity contribution in [2.75, 3.05) is 26.0 Å². The van der Waals surface area contributed by atoms with E-state index in [9.17, 15) is 0 Å². The summed E-state index contributed by atoms with van der Waals surface area (Å²) in [6.07, 6.45) is 1.79. The number of anilines is 2. The highest BCUT2D eigenvalue weighted by Gasteiger charge is 2.08. The minimum atomic E-state index is 0.596. The number of nitrogens with zero attached hydrogens (tertiary/aromatic N) is 2. The zero-order valence-electron chi connectivity index (χ0n) is 13.9. The number of benzene rings is 2. The molecular formula is C18H22ClN3O. The molecule has 23 heavy (non-hydrogen) atoms. The zero-order valence-corrected chi connectivity index (χ0v) is 14.7. The number of halogens is 1. The van der Waals surface area contributed by atoms with Crippen LogP contribution in [0.15, 0.2) is 41.4 Å². The molecule has 2 aromatic rings. The van der Waals surface area contributed by atoms with E-state index < -0.39 is 0 Å². The van der Waals surface area contributed by atoms with E-state index >= 15 is 0 Å². The molecule has 0 saturated carbocycles. The van der Waals surface area contributed by atoms with Gasteiger partial charge < -0.3 is 15.0 Å². The Morgan fingerprint density at radius 3 is 2.78 bits per heavy atom. The number of ether oxygens (including phenoxy) is 1. The fourth-order valence-corrected chi connectivity index (χ4v) is 2.24. The van der Waals surface area contributed by atoms with Crippen molar-refractivity contribution in [1.82, 2.24) is 4.90 Å². The largest absolute Gasteiger partial charge is 0.497 e. The predicted octanol–water partition coefficient (Wildman–Crippen LogP) is 5.01. The molecule has 0 radical (unpaired) electrons. The molecule has 1 N–H and O–H groups in total. The maximum atomic E-state index is 6.50. The Morgan fingerprint density at radius 2 is 2.09 bits per heavy atom. The highest BCUT2D eigenvalue weighted by atomic mass is 35.5. The second kappa shape index (κ2) is 7.88. The summed E-state index contributed by atoms with van der Waals surface area (Å²) in [6, 6.07) is 11.7. The monoisotopic (exact) mass is 331 g/mol. The summed E-state index contributed by atoms with van der Waals surface area (Å²) in [4.78, 5) is 6.47. The first kappa shape index (κ1) is 17.2. The molecule has 0 spiro atoms. The zero-order chi connectivity index (χ0) is 16.8. The second-order valence-electron chi connectivity index (χ2n) is 5.32. The Balaban J connectivity index is 2.31. The number of hydrogen-bond acceptors (Lipinski definition) is 3. The third-order valence-electron chi connectivity index (χ3n) is 3.44. The van der Waals surface area contributed by atoms with Gasteiger partial charge in [-0.15, -0.1) is 0 Å². The van der Waals surface area contributed by atoms with E-state index in [0.717, 1.165) is 34.9 Å². The quantitative estimate of drug-likeness (QED) is 0.597. The smallest absolute Gasteiger partial charge is 0.120 e. The van der Waals surface area contributed by atoms with Crippen molar-refractivity contribution in [3.63, 3.8) is 0 Å². The minimum absolute atomic E-state index is 0.596. The van der Waals surface area contributed by atoms with Gasteiger partial charge in [0.2, 0.25) is 0 Å². The Hall–Kier alpha value is -2.20. The van der Waals surface area contributed by atoms with Crippen molar-refractivity contribution >= 4 is 35.0 Å². The van der Waals surface area contributed by atoms with Crippen LogP contribution in [0, 0.1) is 6.92 Å². The van der Waals surface area contributed by atoms with Crippen LogP contribution in [-0.2, 0) is 0 Å². The van der Waals surface area contributed by atoms with Gasteiger partial charge in [-0.25, -0.2) is 4.99 Å². The Morgan fingerprint density at radius 1 is 1.30 bits per heavy atom. The van der Waals surface area contributed by atoms with Crippen LogP contribution in [0.2, 0.25) is 5.02 Å². The number of aliphatic imine (C=N–C) groups is 1. The van der Waals surface area contributed by atoms with Crippen LogP contribution in [0.4, 0.5) is 17.1 Å². The molecule has 0 heterocycles. The topological polar surface area (TPSA) is 36.9 Å². The summed E-state index contributed by atoms with van der Waals surface area (Å²) < 4.78 is 5.25.